The molecule has 1 heterocycles. The Kier molecular flexibility index (Phi) is 11.2. The van der Waals surface area contributed by atoms with Gasteiger partial charge in [0, 0.05) is 33.2 Å². The van der Waals surface area contributed by atoms with Gasteiger partial charge in [-0.15, -0.1) is 24.0 Å². The van der Waals surface area contributed by atoms with Gasteiger partial charge >= 0.3 is 0 Å². The van der Waals surface area contributed by atoms with Crippen molar-refractivity contribution in [2.45, 2.75) is 26.4 Å². The van der Waals surface area contributed by atoms with Gasteiger partial charge in [0.25, 0.3) is 0 Å². The lowest BCUT2D eigenvalue weighted by Crippen LogP contribution is -2.44. The second-order valence-electron chi connectivity index (χ2n) is 7.14. The van der Waals surface area contributed by atoms with Crippen LogP contribution >= 0.6 is 24.0 Å². The molecule has 1 aliphatic heterocycles. The molecular weight excluding hydrogens is 471 g/mol. The van der Waals surface area contributed by atoms with Crippen molar-refractivity contribution in [3.05, 3.63) is 29.8 Å². The highest BCUT2D eigenvalue weighted by Crippen LogP contribution is 2.17. The number of nitrogens with one attached hydrogen (secondary N) is 2. The minimum atomic E-state index is -0.0440. The van der Waals surface area contributed by atoms with E-state index in [0.29, 0.717) is 18.4 Å². The van der Waals surface area contributed by atoms with E-state index in [9.17, 15) is 4.79 Å². The standard InChI is InChI=1S/C20H32N4O3.HI/c1-15-7-5-6-8-18(15)27-16(2)11-21-20(23-13-19(25)24(3)4)22-12-17-9-10-26-14-17;/h5-8,16-17H,9-14H2,1-4H3,(H2,21,22,23);1H. The number of hydrogen-bond acceptors (Lipinski definition) is 4. The fraction of sp³-hybridized carbons (Fsp3) is 0.600. The van der Waals surface area contributed by atoms with Crippen molar-refractivity contribution < 1.29 is 14.3 Å². The number of ether oxygens (including phenoxy) is 2. The molecule has 2 rings (SSSR count). The van der Waals surface area contributed by atoms with E-state index in [1.54, 1.807) is 14.1 Å². The monoisotopic (exact) mass is 504 g/mol. The third-order valence-electron chi connectivity index (χ3n) is 4.43. The molecule has 1 fully saturated rings. The van der Waals surface area contributed by atoms with Crippen LogP contribution in [0.3, 0.4) is 0 Å². The number of carbonyl (C=O) groups is 1. The largest absolute Gasteiger partial charge is 0.489 e. The summed E-state index contributed by atoms with van der Waals surface area (Å²) in [5, 5.41) is 6.60. The molecule has 2 atom stereocenters. The molecule has 28 heavy (non-hydrogen) atoms. The Labute approximate surface area is 185 Å². The molecule has 1 aromatic rings. The number of para-hydroxylation sites is 1. The van der Waals surface area contributed by atoms with E-state index in [2.05, 4.69) is 15.6 Å². The first kappa shape index (κ1) is 24.5. The summed E-state index contributed by atoms with van der Waals surface area (Å²) in [5.41, 5.74) is 1.11. The summed E-state index contributed by atoms with van der Waals surface area (Å²) in [7, 11) is 3.46. The number of amides is 1. The van der Waals surface area contributed by atoms with Gasteiger partial charge in [-0.2, -0.15) is 0 Å². The van der Waals surface area contributed by atoms with Gasteiger partial charge in [0.1, 0.15) is 18.4 Å². The highest BCUT2D eigenvalue weighted by molar-refractivity contribution is 14.0. The van der Waals surface area contributed by atoms with E-state index >= 15 is 0 Å². The van der Waals surface area contributed by atoms with E-state index in [4.69, 9.17) is 9.47 Å². The molecule has 8 heteroatoms. The predicted octanol–water partition coefficient (Wildman–Crippen LogP) is 2.04. The first-order chi connectivity index (χ1) is 13.0. The van der Waals surface area contributed by atoms with Gasteiger partial charge in [0.05, 0.1) is 13.2 Å². The van der Waals surface area contributed by atoms with Crippen LogP contribution in [0.5, 0.6) is 5.75 Å². The number of nitrogens with zero attached hydrogens (tertiary/aromatic N) is 2. The van der Waals surface area contributed by atoms with Crippen LogP contribution in [0, 0.1) is 12.8 Å². The third kappa shape index (κ3) is 8.64. The molecule has 1 saturated heterocycles. The van der Waals surface area contributed by atoms with Crippen LogP contribution in [-0.2, 0) is 9.53 Å². The summed E-state index contributed by atoms with van der Waals surface area (Å²) in [6.45, 7) is 7.08. The molecule has 0 radical (unpaired) electrons. The van der Waals surface area contributed by atoms with Crippen LogP contribution in [0.15, 0.2) is 29.3 Å². The maximum Gasteiger partial charge on any atom is 0.243 e. The van der Waals surface area contributed by atoms with Crippen LogP contribution in [-0.4, -0.2) is 69.8 Å². The average molecular weight is 504 g/mol. The maximum atomic E-state index is 11.8. The zero-order valence-corrected chi connectivity index (χ0v) is 19.6. The van der Waals surface area contributed by atoms with E-state index in [0.717, 1.165) is 37.5 Å². The number of benzene rings is 1. The summed E-state index contributed by atoms with van der Waals surface area (Å²) < 4.78 is 11.4. The Morgan fingerprint density at radius 2 is 2.11 bits per heavy atom. The van der Waals surface area contributed by atoms with Gasteiger partial charge in [0.2, 0.25) is 5.91 Å². The molecule has 0 saturated carbocycles. The highest BCUT2D eigenvalue weighted by atomic mass is 127. The van der Waals surface area contributed by atoms with E-state index in [1.807, 2.05) is 38.1 Å². The van der Waals surface area contributed by atoms with Gasteiger partial charge in [-0.1, -0.05) is 18.2 Å². The molecule has 1 aliphatic rings. The van der Waals surface area contributed by atoms with Gasteiger partial charge in [-0.05, 0) is 31.9 Å². The first-order valence-corrected chi connectivity index (χ1v) is 9.48. The highest BCUT2D eigenvalue weighted by Gasteiger charge is 2.16. The van der Waals surface area contributed by atoms with Gasteiger partial charge in [-0.3, -0.25) is 4.79 Å². The Hall–Kier alpha value is -1.55. The summed E-state index contributed by atoms with van der Waals surface area (Å²) in [6, 6.07) is 7.96. The van der Waals surface area contributed by atoms with Crippen molar-refractivity contribution in [1.29, 1.82) is 0 Å². The predicted molar refractivity (Wildman–Crippen MR) is 123 cm³/mol. The quantitative estimate of drug-likeness (QED) is 0.322. The molecular formula is C20H33IN4O3. The normalized spacial score (nSPS) is 17.4. The Morgan fingerprint density at radius 3 is 2.75 bits per heavy atom. The summed E-state index contributed by atoms with van der Waals surface area (Å²) in [6.07, 6.45) is 1.00. The number of aliphatic imine (C=N–C) groups is 1. The lowest BCUT2D eigenvalue weighted by Gasteiger charge is -2.20. The average Bonchev–Trinajstić information content (AvgIpc) is 3.16. The fourth-order valence-corrected chi connectivity index (χ4v) is 2.64. The van der Waals surface area contributed by atoms with Crippen LogP contribution in [0.1, 0.15) is 18.9 Å². The van der Waals surface area contributed by atoms with Crippen molar-refractivity contribution in [2.24, 2.45) is 10.9 Å². The number of carbonyl (C=O) groups excluding carboxylic acids is 1. The number of guanidine groups is 1. The van der Waals surface area contributed by atoms with Crippen molar-refractivity contribution in [1.82, 2.24) is 15.5 Å². The molecule has 158 valence electrons. The molecule has 0 aromatic heterocycles. The molecule has 1 aromatic carbocycles. The summed E-state index contributed by atoms with van der Waals surface area (Å²) in [5.74, 6) is 1.94. The van der Waals surface area contributed by atoms with Crippen LogP contribution < -0.4 is 15.4 Å². The van der Waals surface area contributed by atoms with Crippen LogP contribution in [0.2, 0.25) is 0 Å². The Bertz CT molecular complexity index is 634. The second kappa shape index (κ2) is 12.8. The second-order valence-corrected chi connectivity index (χ2v) is 7.14. The topological polar surface area (TPSA) is 75.2 Å². The third-order valence-corrected chi connectivity index (χ3v) is 4.43. The maximum absolute atomic E-state index is 11.8. The van der Waals surface area contributed by atoms with E-state index in [1.165, 1.54) is 4.90 Å². The van der Waals surface area contributed by atoms with Gasteiger partial charge in [0.15, 0.2) is 5.96 Å². The van der Waals surface area contributed by atoms with Crippen molar-refractivity contribution in [3.63, 3.8) is 0 Å². The minimum Gasteiger partial charge on any atom is -0.489 e. The first-order valence-electron chi connectivity index (χ1n) is 9.48. The zero-order valence-electron chi connectivity index (χ0n) is 17.2. The van der Waals surface area contributed by atoms with Crippen LogP contribution in [0.25, 0.3) is 0 Å². The number of hydrogen-bond donors (Lipinski definition) is 2. The Morgan fingerprint density at radius 1 is 1.36 bits per heavy atom. The van der Waals surface area contributed by atoms with Gasteiger partial charge in [-0.25, -0.2) is 4.99 Å². The van der Waals surface area contributed by atoms with Crippen LogP contribution in [0.4, 0.5) is 0 Å². The molecule has 0 spiro atoms. The SMILES string of the molecule is Cc1ccccc1OC(C)CNC(=NCC(=O)N(C)C)NCC1CCOC1.I. The zero-order chi connectivity index (χ0) is 19.6. The molecule has 2 unspecified atom stereocenters. The summed E-state index contributed by atoms with van der Waals surface area (Å²) in [4.78, 5) is 17.8. The molecule has 2 N–H and O–H groups in total. The number of rotatable bonds is 8. The lowest BCUT2D eigenvalue weighted by molar-refractivity contribution is -0.127. The molecule has 0 aliphatic carbocycles. The summed E-state index contributed by atoms with van der Waals surface area (Å²) >= 11 is 0. The van der Waals surface area contributed by atoms with Crippen molar-refractivity contribution in [2.75, 3.05) is 46.9 Å². The molecule has 1 amide bonds. The lowest BCUT2D eigenvalue weighted by atomic mass is 10.1. The number of likely N-dealkylation sites (N-methyl/N-ethyl adjacent to an activating group) is 1. The van der Waals surface area contributed by atoms with Gasteiger partial charge < -0.3 is 25.0 Å². The van der Waals surface area contributed by atoms with E-state index in [-0.39, 0.29) is 42.5 Å². The molecule has 7 nitrogen and oxygen atoms in total. The van der Waals surface area contributed by atoms with Crippen molar-refractivity contribution >= 4 is 35.8 Å². The molecule has 0 bridgehead atoms. The van der Waals surface area contributed by atoms with E-state index < -0.39 is 0 Å². The fourth-order valence-electron chi connectivity index (χ4n) is 2.64. The number of aryl methyl sites for hydroxylation is 1. The smallest absolute Gasteiger partial charge is 0.243 e. The minimum absolute atomic E-state index is 0. The Balaban J connectivity index is 0.00000392. The number of halogens is 1. The van der Waals surface area contributed by atoms with Crippen molar-refractivity contribution in [3.8, 4) is 5.75 Å².